The van der Waals surface area contributed by atoms with Crippen LogP contribution in [-0.4, -0.2) is 24.0 Å². The fourth-order valence-electron chi connectivity index (χ4n) is 2.84. The predicted octanol–water partition coefficient (Wildman–Crippen LogP) is 1.77. The van der Waals surface area contributed by atoms with E-state index in [0.717, 1.165) is 0 Å². The largest absolute Gasteiger partial charge is 0.326 e. The van der Waals surface area contributed by atoms with Gasteiger partial charge in [-0.15, -0.1) is 11.3 Å². The normalized spacial score (nSPS) is 32.4. The minimum absolute atomic E-state index is 0.359. The highest BCUT2D eigenvalue weighted by atomic mass is 32.1. The summed E-state index contributed by atoms with van der Waals surface area (Å²) in [6.07, 6.45) is 3.70. The van der Waals surface area contributed by atoms with Gasteiger partial charge < -0.3 is 5.73 Å². The van der Waals surface area contributed by atoms with Gasteiger partial charge in [0.2, 0.25) is 0 Å². The Kier molecular flexibility index (Phi) is 2.11. The first kappa shape index (κ1) is 8.89. The summed E-state index contributed by atoms with van der Waals surface area (Å²) in [6, 6.07) is 3.17. The second kappa shape index (κ2) is 3.33. The Labute approximate surface area is 88.7 Å². The van der Waals surface area contributed by atoms with Gasteiger partial charge in [-0.25, -0.2) is 0 Å². The van der Waals surface area contributed by atoms with Crippen molar-refractivity contribution in [3.05, 3.63) is 21.9 Å². The first-order valence-corrected chi connectivity index (χ1v) is 6.30. The van der Waals surface area contributed by atoms with E-state index in [0.29, 0.717) is 12.1 Å². The molecule has 2 unspecified atom stereocenters. The van der Waals surface area contributed by atoms with E-state index >= 15 is 0 Å². The standard InChI is InChI=1S/C11H16N2S/c12-9-2-1-5-13-6-3-10-8(11(9)13)4-7-14-10/h4,7,9,11H,1-3,5-6,12H2. The van der Waals surface area contributed by atoms with Crippen molar-refractivity contribution in [3.8, 4) is 0 Å². The van der Waals surface area contributed by atoms with Crippen molar-refractivity contribution < 1.29 is 0 Å². The Morgan fingerprint density at radius 2 is 2.36 bits per heavy atom. The zero-order valence-corrected chi connectivity index (χ0v) is 9.09. The topological polar surface area (TPSA) is 29.3 Å². The molecule has 2 aliphatic rings. The molecule has 1 aromatic heterocycles. The lowest BCUT2D eigenvalue weighted by atomic mass is 9.88. The monoisotopic (exact) mass is 208 g/mol. The van der Waals surface area contributed by atoms with Gasteiger partial charge in [0.15, 0.2) is 0 Å². The van der Waals surface area contributed by atoms with Crippen LogP contribution >= 0.6 is 11.3 Å². The molecule has 2 N–H and O–H groups in total. The number of nitrogens with zero attached hydrogens (tertiary/aromatic N) is 1. The van der Waals surface area contributed by atoms with Crippen LogP contribution < -0.4 is 5.73 Å². The van der Waals surface area contributed by atoms with Crippen molar-refractivity contribution in [2.45, 2.75) is 31.3 Å². The molecule has 3 heterocycles. The van der Waals surface area contributed by atoms with Gasteiger partial charge in [-0.2, -0.15) is 0 Å². The van der Waals surface area contributed by atoms with Crippen LogP contribution in [0.5, 0.6) is 0 Å². The van der Waals surface area contributed by atoms with Gasteiger partial charge in [0.05, 0.1) is 6.04 Å². The second-order valence-corrected chi connectivity index (χ2v) is 5.34. The molecule has 2 aliphatic heterocycles. The van der Waals surface area contributed by atoms with Crippen LogP contribution in [-0.2, 0) is 6.42 Å². The Bertz CT molecular complexity index is 334. The van der Waals surface area contributed by atoms with Crippen LogP contribution in [0.1, 0.15) is 29.3 Å². The first-order chi connectivity index (χ1) is 6.86. The lowest BCUT2D eigenvalue weighted by molar-refractivity contribution is 0.120. The number of rotatable bonds is 0. The molecule has 1 fully saturated rings. The quantitative estimate of drug-likeness (QED) is 0.704. The molecule has 3 rings (SSSR count). The van der Waals surface area contributed by atoms with E-state index in [9.17, 15) is 0 Å². The van der Waals surface area contributed by atoms with Crippen LogP contribution in [0.3, 0.4) is 0 Å². The van der Waals surface area contributed by atoms with Gasteiger partial charge in [0.25, 0.3) is 0 Å². The summed E-state index contributed by atoms with van der Waals surface area (Å²) in [5.41, 5.74) is 7.75. The number of fused-ring (bicyclic) bond motifs is 3. The van der Waals surface area contributed by atoms with E-state index in [4.69, 9.17) is 5.73 Å². The third-order valence-electron chi connectivity index (χ3n) is 3.51. The van der Waals surface area contributed by atoms with Crippen molar-refractivity contribution in [1.29, 1.82) is 0 Å². The van der Waals surface area contributed by atoms with Gasteiger partial charge >= 0.3 is 0 Å². The summed E-state index contributed by atoms with van der Waals surface area (Å²) in [6.45, 7) is 2.46. The summed E-state index contributed by atoms with van der Waals surface area (Å²) in [5, 5.41) is 2.22. The fraction of sp³-hybridized carbons (Fsp3) is 0.636. The second-order valence-electron chi connectivity index (χ2n) is 4.34. The average Bonchev–Trinajstić information content (AvgIpc) is 2.65. The molecule has 0 amide bonds. The smallest absolute Gasteiger partial charge is 0.0510 e. The molecule has 0 spiro atoms. The van der Waals surface area contributed by atoms with Crippen LogP contribution in [0.2, 0.25) is 0 Å². The molecule has 0 bridgehead atoms. The van der Waals surface area contributed by atoms with Crippen LogP contribution in [0.15, 0.2) is 11.4 Å². The maximum Gasteiger partial charge on any atom is 0.0510 e. The van der Waals surface area contributed by atoms with Gasteiger partial charge in [0.1, 0.15) is 0 Å². The molecule has 3 heteroatoms. The van der Waals surface area contributed by atoms with Crippen molar-refractivity contribution in [1.82, 2.24) is 4.90 Å². The third-order valence-corrected chi connectivity index (χ3v) is 4.50. The van der Waals surface area contributed by atoms with E-state index in [-0.39, 0.29) is 0 Å². The molecule has 2 nitrogen and oxygen atoms in total. The summed E-state index contributed by atoms with van der Waals surface area (Å²) < 4.78 is 0. The number of thiophene rings is 1. The lowest BCUT2D eigenvalue weighted by Crippen LogP contribution is -2.48. The van der Waals surface area contributed by atoms with Crippen LogP contribution in [0, 0.1) is 0 Å². The Balaban J connectivity index is 2.00. The molecule has 76 valence electrons. The number of piperidine rings is 1. The van der Waals surface area contributed by atoms with Crippen molar-refractivity contribution >= 4 is 11.3 Å². The summed E-state index contributed by atoms with van der Waals surface area (Å²) in [7, 11) is 0. The van der Waals surface area contributed by atoms with E-state index in [1.807, 2.05) is 11.3 Å². The van der Waals surface area contributed by atoms with Gasteiger partial charge in [-0.1, -0.05) is 0 Å². The maximum absolute atomic E-state index is 6.23. The number of hydrogen-bond donors (Lipinski definition) is 1. The zero-order valence-electron chi connectivity index (χ0n) is 8.28. The minimum Gasteiger partial charge on any atom is -0.326 e. The van der Waals surface area contributed by atoms with Crippen LogP contribution in [0.4, 0.5) is 0 Å². The maximum atomic E-state index is 6.23. The van der Waals surface area contributed by atoms with E-state index in [1.165, 1.54) is 37.9 Å². The van der Waals surface area contributed by atoms with E-state index < -0.39 is 0 Å². The van der Waals surface area contributed by atoms with Crippen molar-refractivity contribution in [3.63, 3.8) is 0 Å². The number of hydrogen-bond acceptors (Lipinski definition) is 3. The van der Waals surface area contributed by atoms with Gasteiger partial charge in [0, 0.05) is 17.5 Å². The third kappa shape index (κ3) is 1.23. The molecule has 2 atom stereocenters. The SMILES string of the molecule is NC1CCCN2CCc3sccc3C12. The van der Waals surface area contributed by atoms with E-state index in [2.05, 4.69) is 16.3 Å². The molecular weight excluding hydrogens is 192 g/mol. The van der Waals surface area contributed by atoms with Gasteiger partial charge in [-0.3, -0.25) is 4.90 Å². The van der Waals surface area contributed by atoms with Crippen LogP contribution in [0.25, 0.3) is 0 Å². The molecule has 14 heavy (non-hydrogen) atoms. The molecule has 0 aliphatic carbocycles. The Hall–Kier alpha value is -0.380. The highest BCUT2D eigenvalue weighted by molar-refractivity contribution is 7.10. The molecular formula is C11H16N2S. The Morgan fingerprint density at radius 3 is 3.29 bits per heavy atom. The summed E-state index contributed by atoms with van der Waals surface area (Å²) in [5.74, 6) is 0. The van der Waals surface area contributed by atoms with Gasteiger partial charge in [-0.05, 0) is 42.8 Å². The fourth-order valence-corrected chi connectivity index (χ4v) is 3.75. The highest BCUT2D eigenvalue weighted by Gasteiger charge is 2.34. The highest BCUT2D eigenvalue weighted by Crippen LogP contribution is 2.38. The van der Waals surface area contributed by atoms with Crippen molar-refractivity contribution in [2.75, 3.05) is 13.1 Å². The molecule has 1 saturated heterocycles. The van der Waals surface area contributed by atoms with Crippen molar-refractivity contribution in [2.24, 2.45) is 5.73 Å². The molecule has 0 aromatic carbocycles. The average molecular weight is 208 g/mol. The molecule has 0 radical (unpaired) electrons. The number of nitrogens with two attached hydrogens (primary N) is 1. The Morgan fingerprint density at radius 1 is 1.43 bits per heavy atom. The molecule has 0 saturated carbocycles. The van der Waals surface area contributed by atoms with E-state index in [1.54, 1.807) is 4.88 Å². The first-order valence-electron chi connectivity index (χ1n) is 5.42. The lowest BCUT2D eigenvalue weighted by Gasteiger charge is -2.42. The summed E-state index contributed by atoms with van der Waals surface area (Å²) in [4.78, 5) is 4.15. The minimum atomic E-state index is 0.359. The predicted molar refractivity (Wildman–Crippen MR) is 59.5 cm³/mol. The summed E-state index contributed by atoms with van der Waals surface area (Å²) >= 11 is 1.90. The molecule has 1 aromatic rings. The zero-order chi connectivity index (χ0) is 9.54.